The number of hydrogen-bond donors (Lipinski definition) is 1. The van der Waals surface area contributed by atoms with Gasteiger partial charge in [-0.2, -0.15) is 0 Å². The first kappa shape index (κ1) is 14.2. The molecule has 2 rings (SSSR count). The van der Waals surface area contributed by atoms with Gasteiger partial charge in [-0.15, -0.1) is 0 Å². The van der Waals surface area contributed by atoms with Crippen LogP contribution in [0.15, 0.2) is 40.9 Å². The van der Waals surface area contributed by atoms with Crippen molar-refractivity contribution in [2.75, 3.05) is 0 Å². The van der Waals surface area contributed by atoms with Crippen LogP contribution in [0.25, 0.3) is 0 Å². The number of rotatable bonds is 2. The van der Waals surface area contributed by atoms with Crippen molar-refractivity contribution in [2.45, 2.75) is 6.10 Å². The Kier molecular flexibility index (Phi) is 4.64. The third-order valence-electron chi connectivity index (χ3n) is 2.53. The molecular weight excluding hydrogens is 433 g/mol. The lowest BCUT2D eigenvalue weighted by atomic mass is 10.0. The molecule has 0 fully saturated rings. The van der Waals surface area contributed by atoms with Gasteiger partial charge >= 0.3 is 0 Å². The molecule has 0 saturated carbocycles. The third kappa shape index (κ3) is 2.87. The van der Waals surface area contributed by atoms with Crippen molar-refractivity contribution in [3.63, 3.8) is 0 Å². The molecule has 0 aromatic heterocycles. The lowest BCUT2D eigenvalue weighted by molar-refractivity contribution is 0.218. The minimum absolute atomic E-state index is 0.325. The fraction of sp³-hybridized carbons (Fsp3) is 0.0769. The molecule has 0 aliphatic heterocycles. The standard InChI is InChI=1S/C13H8BrClFIO/c14-9-2-1-3-10(15)12(9)13(18)8-5-4-7(16)6-11(8)17/h1-6,13,18H. The lowest BCUT2D eigenvalue weighted by Crippen LogP contribution is -2.04. The molecule has 1 atom stereocenters. The van der Waals surface area contributed by atoms with Crippen LogP contribution in [0.5, 0.6) is 0 Å². The molecule has 0 amide bonds. The van der Waals surface area contributed by atoms with Crippen LogP contribution in [0, 0.1) is 9.39 Å². The van der Waals surface area contributed by atoms with E-state index in [2.05, 4.69) is 15.9 Å². The first-order valence-corrected chi connectivity index (χ1v) is 7.32. The molecule has 1 nitrogen and oxygen atoms in total. The van der Waals surface area contributed by atoms with Gasteiger partial charge in [0, 0.05) is 18.6 Å². The molecule has 0 aliphatic rings. The van der Waals surface area contributed by atoms with Crippen molar-refractivity contribution in [3.8, 4) is 0 Å². The minimum atomic E-state index is -0.888. The van der Waals surface area contributed by atoms with E-state index in [0.29, 0.717) is 19.7 Å². The summed E-state index contributed by atoms with van der Waals surface area (Å²) in [6, 6.07) is 9.58. The van der Waals surface area contributed by atoms with Crippen molar-refractivity contribution < 1.29 is 9.50 Å². The maximum Gasteiger partial charge on any atom is 0.124 e. The summed E-state index contributed by atoms with van der Waals surface area (Å²) < 4.78 is 14.4. The highest BCUT2D eigenvalue weighted by Crippen LogP contribution is 2.35. The molecule has 5 heteroatoms. The second-order valence-corrected chi connectivity index (χ2v) is 6.13. The molecule has 0 spiro atoms. The summed E-state index contributed by atoms with van der Waals surface area (Å²) in [5, 5.41) is 10.9. The zero-order chi connectivity index (χ0) is 13.3. The van der Waals surface area contributed by atoms with Gasteiger partial charge in [0.2, 0.25) is 0 Å². The van der Waals surface area contributed by atoms with Gasteiger partial charge in [-0.3, -0.25) is 0 Å². The van der Waals surface area contributed by atoms with Gasteiger partial charge < -0.3 is 5.11 Å². The summed E-state index contributed by atoms with van der Waals surface area (Å²) in [5.74, 6) is -0.325. The van der Waals surface area contributed by atoms with E-state index in [1.165, 1.54) is 12.1 Å². The Morgan fingerprint density at radius 2 is 2.00 bits per heavy atom. The first-order valence-electron chi connectivity index (χ1n) is 5.07. The van der Waals surface area contributed by atoms with Gasteiger partial charge in [0.25, 0.3) is 0 Å². The van der Waals surface area contributed by atoms with Crippen molar-refractivity contribution in [1.82, 2.24) is 0 Å². The zero-order valence-electron chi connectivity index (χ0n) is 9.00. The van der Waals surface area contributed by atoms with Crippen molar-refractivity contribution >= 4 is 50.1 Å². The van der Waals surface area contributed by atoms with Crippen LogP contribution in [0.3, 0.4) is 0 Å². The summed E-state index contributed by atoms with van der Waals surface area (Å²) in [6.07, 6.45) is -0.888. The van der Waals surface area contributed by atoms with Crippen molar-refractivity contribution in [2.24, 2.45) is 0 Å². The Labute approximate surface area is 131 Å². The average Bonchev–Trinajstić information content (AvgIpc) is 2.28. The summed E-state index contributed by atoms with van der Waals surface area (Å²) >= 11 is 11.4. The van der Waals surface area contributed by atoms with Gasteiger partial charge in [0.15, 0.2) is 0 Å². The molecule has 1 unspecified atom stereocenters. The SMILES string of the molecule is OC(c1ccc(F)cc1I)c1c(Cl)cccc1Br. The number of hydrogen-bond acceptors (Lipinski definition) is 1. The predicted octanol–water partition coefficient (Wildman–Crippen LogP) is 4.93. The smallest absolute Gasteiger partial charge is 0.124 e. The predicted molar refractivity (Wildman–Crippen MR) is 82.3 cm³/mol. The van der Waals surface area contributed by atoms with Crippen LogP contribution < -0.4 is 0 Å². The normalized spacial score (nSPS) is 12.5. The summed E-state index contributed by atoms with van der Waals surface area (Å²) in [5.41, 5.74) is 1.22. The van der Waals surface area contributed by atoms with E-state index >= 15 is 0 Å². The summed E-state index contributed by atoms with van der Waals surface area (Å²) in [7, 11) is 0. The molecule has 18 heavy (non-hydrogen) atoms. The number of halogens is 4. The van der Waals surface area contributed by atoms with Gasteiger partial charge in [0.1, 0.15) is 11.9 Å². The van der Waals surface area contributed by atoms with E-state index in [1.54, 1.807) is 24.3 Å². The van der Waals surface area contributed by atoms with Crippen LogP contribution in [-0.2, 0) is 0 Å². The maximum atomic E-state index is 13.1. The van der Waals surface area contributed by atoms with E-state index in [1.807, 2.05) is 22.6 Å². The number of aliphatic hydroxyl groups is 1. The van der Waals surface area contributed by atoms with Gasteiger partial charge in [-0.05, 0) is 52.4 Å². The second-order valence-electron chi connectivity index (χ2n) is 3.70. The molecule has 2 aromatic carbocycles. The highest BCUT2D eigenvalue weighted by atomic mass is 127. The monoisotopic (exact) mass is 440 g/mol. The molecule has 0 aliphatic carbocycles. The molecule has 94 valence electrons. The van der Waals surface area contributed by atoms with Gasteiger partial charge in [0.05, 0.1) is 0 Å². The average molecular weight is 441 g/mol. The van der Waals surface area contributed by atoms with Gasteiger partial charge in [-0.1, -0.05) is 39.7 Å². The molecule has 0 radical (unpaired) electrons. The largest absolute Gasteiger partial charge is 0.384 e. The van der Waals surface area contributed by atoms with E-state index in [0.717, 1.165) is 4.47 Å². The van der Waals surface area contributed by atoms with E-state index in [9.17, 15) is 9.50 Å². The first-order chi connectivity index (χ1) is 8.50. The number of aliphatic hydroxyl groups excluding tert-OH is 1. The Balaban J connectivity index is 2.51. The highest BCUT2D eigenvalue weighted by Gasteiger charge is 2.19. The van der Waals surface area contributed by atoms with Crippen LogP contribution in [0.2, 0.25) is 5.02 Å². The van der Waals surface area contributed by atoms with Crippen LogP contribution in [0.1, 0.15) is 17.2 Å². The van der Waals surface area contributed by atoms with Crippen LogP contribution >= 0.6 is 50.1 Å². The van der Waals surface area contributed by atoms with Crippen LogP contribution in [-0.4, -0.2) is 5.11 Å². The second kappa shape index (κ2) is 5.86. The van der Waals surface area contributed by atoms with Crippen molar-refractivity contribution in [1.29, 1.82) is 0 Å². The fourth-order valence-electron chi connectivity index (χ4n) is 1.65. The van der Waals surface area contributed by atoms with E-state index in [4.69, 9.17) is 11.6 Å². The van der Waals surface area contributed by atoms with Gasteiger partial charge in [-0.25, -0.2) is 4.39 Å². The van der Waals surface area contributed by atoms with E-state index in [-0.39, 0.29) is 5.82 Å². The topological polar surface area (TPSA) is 20.2 Å². The maximum absolute atomic E-state index is 13.1. The van der Waals surface area contributed by atoms with Crippen molar-refractivity contribution in [3.05, 3.63) is 66.4 Å². The molecule has 0 heterocycles. The van der Waals surface area contributed by atoms with Crippen LogP contribution in [0.4, 0.5) is 4.39 Å². The fourth-order valence-corrected chi connectivity index (χ4v) is 3.40. The quantitative estimate of drug-likeness (QED) is 0.656. The molecule has 0 saturated heterocycles. The summed E-state index contributed by atoms with van der Waals surface area (Å²) in [6.45, 7) is 0. The minimum Gasteiger partial charge on any atom is -0.384 e. The lowest BCUT2D eigenvalue weighted by Gasteiger charge is -2.16. The Hall–Kier alpha value is -0.170. The van der Waals surface area contributed by atoms with E-state index < -0.39 is 6.10 Å². The molecule has 2 aromatic rings. The Bertz CT molecular complexity index is 571. The molecule has 1 N–H and O–H groups in total. The zero-order valence-corrected chi connectivity index (χ0v) is 13.5. The molecular formula is C13H8BrClFIO. The Morgan fingerprint density at radius 3 is 2.61 bits per heavy atom. The highest BCUT2D eigenvalue weighted by molar-refractivity contribution is 14.1. The number of benzene rings is 2. The third-order valence-corrected chi connectivity index (χ3v) is 4.49. The molecule has 0 bridgehead atoms. The summed E-state index contributed by atoms with van der Waals surface area (Å²) in [4.78, 5) is 0. The Morgan fingerprint density at radius 1 is 1.28 bits per heavy atom.